The van der Waals surface area contributed by atoms with Crippen LogP contribution >= 0.6 is 22.6 Å². The maximum absolute atomic E-state index is 10.7. The Balaban J connectivity index is 0.000000171. The summed E-state index contributed by atoms with van der Waals surface area (Å²) in [5.74, 6) is 0. The summed E-state index contributed by atoms with van der Waals surface area (Å²) in [6, 6.07) is 5.43. The Morgan fingerprint density at radius 3 is 2.12 bits per heavy atom. The predicted octanol–water partition coefficient (Wildman–Crippen LogP) is 1.97. The zero-order chi connectivity index (χ0) is 12.8. The zero-order valence-corrected chi connectivity index (χ0v) is 11.7. The molecule has 4 nitrogen and oxygen atoms in total. The fraction of sp³-hybridized carbons (Fsp3) is 0.167. The molecule has 0 amide bonds. The van der Waals surface area contributed by atoms with E-state index in [1.54, 1.807) is 38.4 Å². The van der Waals surface area contributed by atoms with Crippen LogP contribution in [-0.2, 0) is 0 Å². The molecule has 0 aliphatic heterocycles. The van der Waals surface area contributed by atoms with Crippen LogP contribution in [0.1, 0.15) is 11.1 Å². The summed E-state index contributed by atoms with van der Waals surface area (Å²) in [6.45, 7) is 3.57. The summed E-state index contributed by atoms with van der Waals surface area (Å²) >= 11 is 2.15. The van der Waals surface area contributed by atoms with Crippen LogP contribution in [0.15, 0.2) is 40.2 Å². The van der Waals surface area contributed by atoms with Gasteiger partial charge in [0.25, 0.3) is 11.1 Å². The molecular formula is C12H13IN2O2. The fourth-order valence-corrected chi connectivity index (χ4v) is 1.69. The fourth-order valence-electron chi connectivity index (χ4n) is 1.07. The van der Waals surface area contributed by atoms with Crippen LogP contribution in [0, 0.1) is 17.4 Å². The van der Waals surface area contributed by atoms with Gasteiger partial charge in [-0.3, -0.25) is 9.59 Å². The minimum atomic E-state index is -0.00694. The van der Waals surface area contributed by atoms with E-state index in [0.29, 0.717) is 0 Å². The van der Waals surface area contributed by atoms with Gasteiger partial charge >= 0.3 is 0 Å². The topological polar surface area (TPSA) is 65.7 Å². The van der Waals surface area contributed by atoms with Crippen LogP contribution in [-0.4, -0.2) is 9.97 Å². The first kappa shape index (κ1) is 13.7. The third kappa shape index (κ3) is 4.56. The molecule has 0 aliphatic rings. The molecule has 0 saturated heterocycles. The molecule has 0 saturated carbocycles. The molecular weight excluding hydrogens is 331 g/mol. The van der Waals surface area contributed by atoms with Crippen molar-refractivity contribution in [1.29, 1.82) is 0 Å². The molecule has 17 heavy (non-hydrogen) atoms. The number of pyridine rings is 2. The van der Waals surface area contributed by atoms with Gasteiger partial charge in [0, 0.05) is 27.1 Å². The molecule has 0 atom stereocenters. The quantitative estimate of drug-likeness (QED) is 0.718. The van der Waals surface area contributed by atoms with Crippen molar-refractivity contribution in [3.63, 3.8) is 0 Å². The van der Waals surface area contributed by atoms with E-state index >= 15 is 0 Å². The van der Waals surface area contributed by atoms with Gasteiger partial charge in [-0.15, -0.1) is 0 Å². The molecule has 0 bridgehead atoms. The molecule has 90 valence electrons. The number of H-pyrrole nitrogens is 2. The lowest BCUT2D eigenvalue weighted by Gasteiger charge is -1.89. The maximum atomic E-state index is 10.7. The van der Waals surface area contributed by atoms with E-state index in [1.807, 2.05) is 6.07 Å². The van der Waals surface area contributed by atoms with Crippen LogP contribution < -0.4 is 11.1 Å². The van der Waals surface area contributed by atoms with E-state index < -0.39 is 0 Å². The second kappa shape index (κ2) is 6.39. The van der Waals surface area contributed by atoms with Crippen LogP contribution in [0.25, 0.3) is 0 Å². The van der Waals surface area contributed by atoms with Crippen molar-refractivity contribution in [3.05, 3.63) is 66.0 Å². The highest BCUT2D eigenvalue weighted by molar-refractivity contribution is 14.1. The first-order valence-electron chi connectivity index (χ1n) is 5.00. The summed E-state index contributed by atoms with van der Waals surface area (Å²) in [6.07, 6.45) is 3.31. The second-order valence-electron chi connectivity index (χ2n) is 3.51. The van der Waals surface area contributed by atoms with E-state index in [-0.39, 0.29) is 11.1 Å². The molecule has 0 aliphatic carbocycles. The molecule has 2 aromatic heterocycles. The Morgan fingerprint density at radius 1 is 1.06 bits per heavy atom. The number of aromatic nitrogens is 2. The molecule has 0 spiro atoms. The lowest BCUT2D eigenvalue weighted by atomic mass is 10.3. The summed E-state index contributed by atoms with van der Waals surface area (Å²) < 4.78 is 1.06. The first-order valence-corrected chi connectivity index (χ1v) is 6.07. The largest absolute Gasteiger partial charge is 0.329 e. The van der Waals surface area contributed by atoms with Crippen molar-refractivity contribution < 1.29 is 0 Å². The van der Waals surface area contributed by atoms with Crippen molar-refractivity contribution in [2.24, 2.45) is 0 Å². The van der Waals surface area contributed by atoms with Crippen molar-refractivity contribution in [3.8, 4) is 0 Å². The highest BCUT2D eigenvalue weighted by Gasteiger charge is 1.90. The molecule has 2 heterocycles. The van der Waals surface area contributed by atoms with Crippen molar-refractivity contribution in [2.45, 2.75) is 13.8 Å². The van der Waals surface area contributed by atoms with E-state index in [4.69, 9.17) is 0 Å². The van der Waals surface area contributed by atoms with Gasteiger partial charge in [0.2, 0.25) is 0 Å². The lowest BCUT2D eigenvalue weighted by Crippen LogP contribution is -2.07. The van der Waals surface area contributed by atoms with Gasteiger partial charge in [0.15, 0.2) is 0 Å². The van der Waals surface area contributed by atoms with Gasteiger partial charge < -0.3 is 9.97 Å². The van der Waals surface area contributed by atoms with Crippen LogP contribution in [0.3, 0.4) is 0 Å². The standard InChI is InChI=1S/C6H6INO.C6H7NO/c1-4-2-5(7)3-8-6(4)9;1-5-3-2-4-7-6(5)8/h2-3H,1H3,(H,8,9);2-4H,1H3,(H,7,8). The Hall–Kier alpha value is -1.37. The van der Waals surface area contributed by atoms with E-state index in [9.17, 15) is 9.59 Å². The smallest absolute Gasteiger partial charge is 0.250 e. The van der Waals surface area contributed by atoms with Crippen molar-refractivity contribution in [1.82, 2.24) is 9.97 Å². The van der Waals surface area contributed by atoms with Crippen LogP contribution in [0.5, 0.6) is 0 Å². The molecule has 0 radical (unpaired) electrons. The van der Waals surface area contributed by atoms with E-state index in [0.717, 1.165) is 14.7 Å². The molecule has 2 aromatic rings. The van der Waals surface area contributed by atoms with Gasteiger partial charge in [-0.2, -0.15) is 0 Å². The van der Waals surface area contributed by atoms with Gasteiger partial charge in [-0.25, -0.2) is 0 Å². The SMILES string of the molecule is Cc1cc(I)c[nH]c1=O.Cc1ccc[nH]c1=O. The normalized spacial score (nSPS) is 9.35. The van der Waals surface area contributed by atoms with E-state index in [2.05, 4.69) is 32.6 Å². The monoisotopic (exact) mass is 344 g/mol. The summed E-state index contributed by atoms with van der Waals surface area (Å²) in [5, 5.41) is 0. The molecule has 2 N–H and O–H groups in total. The van der Waals surface area contributed by atoms with Gasteiger partial charge in [-0.05, 0) is 48.6 Å². The van der Waals surface area contributed by atoms with Gasteiger partial charge in [-0.1, -0.05) is 6.07 Å². The average molecular weight is 344 g/mol. The van der Waals surface area contributed by atoms with Gasteiger partial charge in [0.05, 0.1) is 0 Å². The molecule has 0 unspecified atom stereocenters. The zero-order valence-electron chi connectivity index (χ0n) is 9.58. The summed E-state index contributed by atoms with van der Waals surface area (Å²) in [5.41, 5.74) is 1.51. The van der Waals surface area contributed by atoms with Crippen LogP contribution in [0.2, 0.25) is 0 Å². The number of halogens is 1. The third-order valence-electron chi connectivity index (χ3n) is 2.07. The molecule has 2 rings (SSSR count). The minimum absolute atomic E-state index is 0.00424. The van der Waals surface area contributed by atoms with Crippen molar-refractivity contribution in [2.75, 3.05) is 0 Å². The first-order chi connectivity index (χ1) is 8.00. The lowest BCUT2D eigenvalue weighted by molar-refractivity contribution is 1.17. The molecule has 5 heteroatoms. The number of aromatic amines is 2. The Bertz CT molecular complexity index is 602. The predicted molar refractivity (Wildman–Crippen MR) is 76.3 cm³/mol. The van der Waals surface area contributed by atoms with Crippen molar-refractivity contribution >= 4 is 22.6 Å². The number of nitrogens with one attached hydrogen (secondary N) is 2. The Morgan fingerprint density at radius 2 is 1.71 bits per heavy atom. The molecule has 0 aromatic carbocycles. The van der Waals surface area contributed by atoms with Crippen LogP contribution in [0.4, 0.5) is 0 Å². The third-order valence-corrected chi connectivity index (χ3v) is 2.69. The van der Waals surface area contributed by atoms with E-state index in [1.165, 1.54) is 0 Å². The number of rotatable bonds is 0. The Labute approximate surface area is 112 Å². The molecule has 0 fully saturated rings. The maximum Gasteiger partial charge on any atom is 0.250 e. The summed E-state index contributed by atoms with van der Waals surface area (Å²) in [4.78, 5) is 26.4. The highest BCUT2D eigenvalue weighted by atomic mass is 127. The second-order valence-corrected chi connectivity index (χ2v) is 4.76. The highest BCUT2D eigenvalue weighted by Crippen LogP contribution is 1.99. The minimum Gasteiger partial charge on any atom is -0.329 e. The Kier molecular flexibility index (Phi) is 5.14. The summed E-state index contributed by atoms with van der Waals surface area (Å²) in [7, 11) is 0. The number of aryl methyl sites for hydroxylation is 2. The number of hydrogen-bond donors (Lipinski definition) is 2. The average Bonchev–Trinajstić information content (AvgIpc) is 2.29. The number of hydrogen-bond acceptors (Lipinski definition) is 2. The van der Waals surface area contributed by atoms with Gasteiger partial charge in [0.1, 0.15) is 0 Å².